The smallest absolute Gasteiger partial charge is 0.183 e. The molecule has 4 rings (SSSR count). The van der Waals surface area contributed by atoms with Gasteiger partial charge in [-0.1, -0.05) is 47.2 Å². The standard InChI is InChI=1S/C21H20ClN5S/c22-17-5-1-13(2-6-17)7-18(23)11-26-21-27-12-19(28-21)14-3-4-15-10-25-20(24)9-16(15)8-14/h1-6,8-10,12,18H,7,11,23H2,(H2,24,25)(H,26,27)/t18-/m0/s1. The molecule has 5 N–H and O–H groups in total. The Morgan fingerprint density at radius 3 is 2.64 bits per heavy atom. The van der Waals surface area contributed by atoms with Gasteiger partial charge in [-0.15, -0.1) is 0 Å². The van der Waals surface area contributed by atoms with E-state index in [0.29, 0.717) is 12.4 Å². The van der Waals surface area contributed by atoms with Crippen LogP contribution in [0.5, 0.6) is 0 Å². The van der Waals surface area contributed by atoms with Gasteiger partial charge in [0.15, 0.2) is 5.13 Å². The number of nitrogen functional groups attached to an aromatic ring is 1. The topological polar surface area (TPSA) is 89.8 Å². The Balaban J connectivity index is 1.40. The number of thiazole rings is 1. The van der Waals surface area contributed by atoms with E-state index in [1.54, 1.807) is 17.5 Å². The highest BCUT2D eigenvalue weighted by Gasteiger charge is 2.09. The number of hydrogen-bond acceptors (Lipinski definition) is 6. The summed E-state index contributed by atoms with van der Waals surface area (Å²) in [5.41, 5.74) is 14.3. The lowest BCUT2D eigenvalue weighted by Crippen LogP contribution is -2.31. The van der Waals surface area contributed by atoms with Gasteiger partial charge in [-0.2, -0.15) is 0 Å². The van der Waals surface area contributed by atoms with Crippen molar-refractivity contribution >= 4 is 44.7 Å². The summed E-state index contributed by atoms with van der Waals surface area (Å²) >= 11 is 7.53. The second-order valence-electron chi connectivity index (χ2n) is 6.67. The minimum absolute atomic E-state index is 0.00957. The second kappa shape index (κ2) is 8.14. The van der Waals surface area contributed by atoms with E-state index in [1.165, 1.54) is 5.56 Å². The summed E-state index contributed by atoms with van der Waals surface area (Å²) in [6, 6.07) is 15.9. The molecule has 0 radical (unpaired) electrons. The van der Waals surface area contributed by atoms with Gasteiger partial charge in [0.1, 0.15) is 5.82 Å². The predicted octanol–water partition coefficient (Wildman–Crippen LogP) is 4.58. The Labute approximate surface area is 172 Å². The number of nitrogens with two attached hydrogens (primary N) is 2. The quantitative estimate of drug-likeness (QED) is 0.433. The van der Waals surface area contributed by atoms with Gasteiger partial charge < -0.3 is 16.8 Å². The molecular formula is C21H20ClN5S. The maximum absolute atomic E-state index is 6.25. The monoisotopic (exact) mass is 409 g/mol. The first-order chi connectivity index (χ1) is 13.6. The summed E-state index contributed by atoms with van der Waals surface area (Å²) in [5, 5.41) is 7.06. The maximum atomic E-state index is 6.25. The van der Waals surface area contributed by atoms with Crippen LogP contribution < -0.4 is 16.8 Å². The molecule has 0 saturated carbocycles. The summed E-state index contributed by atoms with van der Waals surface area (Å²) in [6.45, 7) is 0.648. The number of fused-ring (bicyclic) bond motifs is 1. The molecule has 2 heterocycles. The third-order valence-corrected chi connectivity index (χ3v) is 5.72. The largest absolute Gasteiger partial charge is 0.384 e. The molecule has 28 heavy (non-hydrogen) atoms. The van der Waals surface area contributed by atoms with Crippen LogP contribution >= 0.6 is 22.9 Å². The van der Waals surface area contributed by atoms with Crippen LogP contribution in [0.3, 0.4) is 0 Å². The maximum Gasteiger partial charge on any atom is 0.183 e. The highest BCUT2D eigenvalue weighted by molar-refractivity contribution is 7.18. The van der Waals surface area contributed by atoms with Crippen molar-refractivity contribution in [1.29, 1.82) is 0 Å². The van der Waals surface area contributed by atoms with Crippen LogP contribution in [0.4, 0.5) is 10.9 Å². The lowest BCUT2D eigenvalue weighted by molar-refractivity contribution is 0.699. The van der Waals surface area contributed by atoms with Crippen LogP contribution in [0.2, 0.25) is 5.02 Å². The zero-order valence-corrected chi connectivity index (χ0v) is 16.7. The fraction of sp³-hybridized carbons (Fsp3) is 0.143. The van der Waals surface area contributed by atoms with Gasteiger partial charge in [0.05, 0.1) is 4.88 Å². The third kappa shape index (κ3) is 4.42. The first-order valence-corrected chi connectivity index (χ1v) is 10.1. The van der Waals surface area contributed by atoms with Crippen LogP contribution in [0.1, 0.15) is 5.56 Å². The van der Waals surface area contributed by atoms with Gasteiger partial charge in [-0.05, 0) is 47.2 Å². The van der Waals surface area contributed by atoms with E-state index in [2.05, 4.69) is 27.4 Å². The Morgan fingerprint density at radius 1 is 1.00 bits per heavy atom. The molecule has 142 valence electrons. The molecule has 0 amide bonds. The summed E-state index contributed by atoms with van der Waals surface area (Å²) in [4.78, 5) is 9.70. The van der Waals surface area contributed by atoms with Crippen molar-refractivity contribution in [2.24, 2.45) is 5.73 Å². The number of rotatable bonds is 6. The van der Waals surface area contributed by atoms with Crippen molar-refractivity contribution in [3.05, 3.63) is 71.5 Å². The lowest BCUT2D eigenvalue weighted by Gasteiger charge is -2.12. The van der Waals surface area contributed by atoms with Crippen molar-refractivity contribution in [2.75, 3.05) is 17.6 Å². The van der Waals surface area contributed by atoms with E-state index in [-0.39, 0.29) is 6.04 Å². The number of nitrogens with zero attached hydrogens (tertiary/aromatic N) is 2. The molecule has 2 aromatic carbocycles. The summed E-state index contributed by atoms with van der Waals surface area (Å²) in [7, 11) is 0. The molecule has 5 nitrogen and oxygen atoms in total. The normalized spacial score (nSPS) is 12.2. The molecule has 0 aliphatic heterocycles. The van der Waals surface area contributed by atoms with Crippen LogP contribution in [-0.4, -0.2) is 22.6 Å². The van der Waals surface area contributed by atoms with E-state index in [9.17, 15) is 0 Å². The zero-order chi connectivity index (χ0) is 19.5. The zero-order valence-electron chi connectivity index (χ0n) is 15.1. The summed E-state index contributed by atoms with van der Waals surface area (Å²) < 4.78 is 0. The molecule has 0 aliphatic rings. The fourth-order valence-corrected chi connectivity index (χ4v) is 3.96. The highest BCUT2D eigenvalue weighted by atomic mass is 35.5. The number of nitrogens with one attached hydrogen (secondary N) is 1. The lowest BCUT2D eigenvalue weighted by atomic mass is 10.1. The Hall–Kier alpha value is -2.67. The molecule has 1 atom stereocenters. The molecular weight excluding hydrogens is 390 g/mol. The summed E-state index contributed by atoms with van der Waals surface area (Å²) in [5.74, 6) is 0.519. The van der Waals surface area contributed by atoms with Gasteiger partial charge in [0.2, 0.25) is 0 Å². The first kappa shape index (κ1) is 18.7. The Morgan fingerprint density at radius 2 is 1.82 bits per heavy atom. The number of aromatic nitrogens is 2. The van der Waals surface area contributed by atoms with Crippen molar-refractivity contribution in [3.63, 3.8) is 0 Å². The van der Waals surface area contributed by atoms with E-state index in [0.717, 1.165) is 37.8 Å². The fourth-order valence-electron chi connectivity index (χ4n) is 3.01. The molecule has 0 bridgehead atoms. The van der Waals surface area contributed by atoms with Gasteiger partial charge in [0.25, 0.3) is 0 Å². The van der Waals surface area contributed by atoms with Crippen molar-refractivity contribution < 1.29 is 0 Å². The summed E-state index contributed by atoms with van der Waals surface area (Å²) in [6.07, 6.45) is 4.45. The van der Waals surface area contributed by atoms with Crippen molar-refractivity contribution in [2.45, 2.75) is 12.5 Å². The minimum Gasteiger partial charge on any atom is -0.384 e. The van der Waals surface area contributed by atoms with Crippen LogP contribution in [0.25, 0.3) is 21.2 Å². The Kier molecular flexibility index (Phi) is 5.43. The number of halogens is 1. The van der Waals surface area contributed by atoms with Gasteiger partial charge in [-0.3, -0.25) is 0 Å². The molecule has 4 aromatic rings. The van der Waals surface area contributed by atoms with Crippen LogP contribution in [0, 0.1) is 0 Å². The molecule has 0 unspecified atom stereocenters. The molecule has 0 spiro atoms. The molecule has 7 heteroatoms. The number of benzene rings is 2. The predicted molar refractivity (Wildman–Crippen MR) is 119 cm³/mol. The van der Waals surface area contributed by atoms with Gasteiger partial charge >= 0.3 is 0 Å². The minimum atomic E-state index is -0.00957. The first-order valence-electron chi connectivity index (χ1n) is 8.92. The van der Waals surface area contributed by atoms with E-state index < -0.39 is 0 Å². The van der Waals surface area contributed by atoms with E-state index >= 15 is 0 Å². The average molecular weight is 410 g/mol. The van der Waals surface area contributed by atoms with E-state index in [4.69, 9.17) is 23.1 Å². The van der Waals surface area contributed by atoms with Crippen LogP contribution in [-0.2, 0) is 6.42 Å². The second-order valence-corrected chi connectivity index (χ2v) is 8.14. The number of hydrogen-bond donors (Lipinski definition) is 3. The van der Waals surface area contributed by atoms with Crippen molar-refractivity contribution in [1.82, 2.24) is 9.97 Å². The van der Waals surface area contributed by atoms with Crippen molar-refractivity contribution in [3.8, 4) is 10.4 Å². The molecule has 2 aromatic heterocycles. The van der Waals surface area contributed by atoms with E-state index in [1.807, 2.05) is 42.6 Å². The highest BCUT2D eigenvalue weighted by Crippen LogP contribution is 2.31. The SMILES string of the molecule is Nc1cc2cc(-c3cnc(NC[C@@H](N)Cc4ccc(Cl)cc4)s3)ccc2cn1. The number of anilines is 2. The molecule has 0 aliphatic carbocycles. The van der Waals surface area contributed by atoms with Gasteiger partial charge in [-0.25, -0.2) is 9.97 Å². The average Bonchev–Trinajstić information content (AvgIpc) is 3.17. The van der Waals surface area contributed by atoms with Gasteiger partial charge in [0, 0.05) is 35.4 Å². The molecule has 0 fully saturated rings. The Bertz CT molecular complexity index is 1090. The van der Waals surface area contributed by atoms with Crippen LogP contribution in [0.15, 0.2) is 60.9 Å². The number of pyridine rings is 1. The third-order valence-electron chi connectivity index (χ3n) is 4.46. The molecule has 0 saturated heterocycles.